The number of benzene rings is 1. The van der Waals surface area contributed by atoms with E-state index in [-0.39, 0.29) is 16.7 Å². The second-order valence-electron chi connectivity index (χ2n) is 3.04. The van der Waals surface area contributed by atoms with E-state index in [1.807, 2.05) is 0 Å². The first-order valence-corrected chi connectivity index (χ1v) is 4.90. The quantitative estimate of drug-likeness (QED) is 0.612. The van der Waals surface area contributed by atoms with Gasteiger partial charge in [-0.25, -0.2) is 0 Å². The number of allylic oxidation sites excluding steroid dienone is 1. The van der Waals surface area contributed by atoms with Crippen LogP contribution in [0.25, 0.3) is 0 Å². The molecule has 2 N–H and O–H groups in total. The molecular formula is C11H12ClNO2. The van der Waals surface area contributed by atoms with Gasteiger partial charge in [-0.3, -0.25) is 4.79 Å². The van der Waals surface area contributed by atoms with E-state index in [1.165, 1.54) is 12.1 Å². The number of halogens is 1. The number of aromatic hydroxyl groups is 1. The average molecular weight is 226 g/mol. The molecule has 0 spiro atoms. The molecule has 0 heterocycles. The number of carbonyl (C=O) groups excluding carboxylic acids is 1. The van der Waals surface area contributed by atoms with Crippen molar-refractivity contribution in [2.75, 3.05) is 5.32 Å². The van der Waals surface area contributed by atoms with Crippen LogP contribution in [0, 0.1) is 0 Å². The Bertz CT molecular complexity index is 377. The molecule has 0 fully saturated rings. The Morgan fingerprint density at radius 1 is 1.60 bits per heavy atom. The minimum absolute atomic E-state index is 0.000701. The smallest absolute Gasteiger partial charge is 0.224 e. The summed E-state index contributed by atoms with van der Waals surface area (Å²) in [6.07, 6.45) is 2.71. The fraction of sp³-hybridized carbons (Fsp3) is 0.182. The molecule has 0 saturated heterocycles. The lowest BCUT2D eigenvalue weighted by atomic mass is 10.2. The van der Waals surface area contributed by atoms with Gasteiger partial charge in [0.1, 0.15) is 5.75 Å². The highest BCUT2D eigenvalue weighted by Crippen LogP contribution is 2.26. The molecule has 0 radical (unpaired) electrons. The maximum Gasteiger partial charge on any atom is 0.224 e. The molecule has 0 atom stereocenters. The van der Waals surface area contributed by atoms with Crippen LogP contribution in [0.2, 0.25) is 5.02 Å². The number of rotatable bonds is 4. The molecule has 3 nitrogen and oxygen atoms in total. The van der Waals surface area contributed by atoms with Crippen LogP contribution in [0.3, 0.4) is 0 Å². The van der Waals surface area contributed by atoms with Crippen LogP contribution >= 0.6 is 11.6 Å². The van der Waals surface area contributed by atoms with Crippen LogP contribution in [0.5, 0.6) is 5.75 Å². The Kier molecular flexibility index (Phi) is 4.18. The standard InChI is InChI=1S/C11H12ClNO2/c1-2-3-4-11(15)13-8-5-6-10(14)9(12)7-8/h2,5-7,14H,1,3-4H2,(H,13,15). The highest BCUT2D eigenvalue weighted by Gasteiger charge is 2.03. The fourth-order valence-electron chi connectivity index (χ4n) is 1.04. The van der Waals surface area contributed by atoms with Gasteiger partial charge in [-0.2, -0.15) is 0 Å². The SMILES string of the molecule is C=CCCC(=O)Nc1ccc(O)c(Cl)c1. The average Bonchev–Trinajstić information content (AvgIpc) is 2.20. The van der Waals surface area contributed by atoms with Gasteiger partial charge < -0.3 is 10.4 Å². The van der Waals surface area contributed by atoms with Crippen molar-refractivity contribution in [1.82, 2.24) is 0 Å². The monoisotopic (exact) mass is 225 g/mol. The van der Waals surface area contributed by atoms with Crippen molar-refractivity contribution in [3.8, 4) is 5.75 Å². The van der Waals surface area contributed by atoms with Gasteiger partial charge in [0.15, 0.2) is 0 Å². The second kappa shape index (κ2) is 5.41. The van der Waals surface area contributed by atoms with Crippen molar-refractivity contribution < 1.29 is 9.90 Å². The van der Waals surface area contributed by atoms with Gasteiger partial charge in [-0.1, -0.05) is 17.7 Å². The molecule has 0 unspecified atom stereocenters. The Hall–Kier alpha value is -1.48. The zero-order valence-electron chi connectivity index (χ0n) is 8.16. The van der Waals surface area contributed by atoms with E-state index in [0.29, 0.717) is 18.5 Å². The number of phenolic OH excluding ortho intramolecular Hbond substituents is 1. The van der Waals surface area contributed by atoms with Gasteiger partial charge in [0, 0.05) is 12.1 Å². The summed E-state index contributed by atoms with van der Waals surface area (Å²) < 4.78 is 0. The van der Waals surface area contributed by atoms with E-state index in [2.05, 4.69) is 11.9 Å². The molecule has 1 aromatic rings. The van der Waals surface area contributed by atoms with Crippen molar-refractivity contribution in [1.29, 1.82) is 0 Å². The predicted octanol–water partition coefficient (Wildman–Crippen LogP) is 2.95. The maximum atomic E-state index is 11.3. The van der Waals surface area contributed by atoms with Gasteiger partial charge >= 0.3 is 0 Å². The third kappa shape index (κ3) is 3.64. The molecule has 0 aromatic heterocycles. The number of hydrogen-bond donors (Lipinski definition) is 2. The van der Waals surface area contributed by atoms with Gasteiger partial charge in [0.2, 0.25) is 5.91 Å². The van der Waals surface area contributed by atoms with Crippen LogP contribution in [-0.4, -0.2) is 11.0 Å². The molecule has 4 heteroatoms. The topological polar surface area (TPSA) is 49.3 Å². The number of amides is 1. The zero-order valence-corrected chi connectivity index (χ0v) is 8.92. The number of phenols is 1. The molecule has 15 heavy (non-hydrogen) atoms. The van der Waals surface area contributed by atoms with Crippen LogP contribution in [0.15, 0.2) is 30.9 Å². The van der Waals surface area contributed by atoms with E-state index >= 15 is 0 Å². The lowest BCUT2D eigenvalue weighted by Gasteiger charge is -2.05. The summed E-state index contributed by atoms with van der Waals surface area (Å²) in [5.41, 5.74) is 0.576. The molecule has 1 rings (SSSR count). The summed E-state index contributed by atoms with van der Waals surface area (Å²) in [5.74, 6) is -0.0996. The maximum absolute atomic E-state index is 11.3. The first-order chi connectivity index (χ1) is 7.13. The molecule has 0 aliphatic heterocycles. The summed E-state index contributed by atoms with van der Waals surface area (Å²) >= 11 is 5.68. The Morgan fingerprint density at radius 3 is 2.93 bits per heavy atom. The minimum atomic E-state index is -0.100. The largest absolute Gasteiger partial charge is 0.506 e. The summed E-state index contributed by atoms with van der Waals surface area (Å²) in [4.78, 5) is 11.3. The van der Waals surface area contributed by atoms with Gasteiger partial charge in [0.25, 0.3) is 0 Å². The highest BCUT2D eigenvalue weighted by molar-refractivity contribution is 6.32. The second-order valence-corrected chi connectivity index (χ2v) is 3.45. The number of anilines is 1. The van der Waals surface area contributed by atoms with Gasteiger partial charge in [-0.15, -0.1) is 6.58 Å². The summed E-state index contributed by atoms with van der Waals surface area (Å²) in [6, 6.07) is 4.53. The van der Waals surface area contributed by atoms with E-state index in [0.717, 1.165) is 0 Å². The lowest BCUT2D eigenvalue weighted by molar-refractivity contribution is -0.116. The molecule has 0 aliphatic carbocycles. The molecular weight excluding hydrogens is 214 g/mol. The minimum Gasteiger partial charge on any atom is -0.506 e. The molecule has 0 saturated carbocycles. The van der Waals surface area contributed by atoms with Crippen molar-refractivity contribution in [2.24, 2.45) is 0 Å². The van der Waals surface area contributed by atoms with E-state index in [9.17, 15) is 4.79 Å². The number of hydrogen-bond acceptors (Lipinski definition) is 2. The number of nitrogens with one attached hydrogen (secondary N) is 1. The van der Waals surface area contributed by atoms with Crippen LogP contribution in [0.1, 0.15) is 12.8 Å². The van der Waals surface area contributed by atoms with Gasteiger partial charge in [0.05, 0.1) is 5.02 Å². The summed E-state index contributed by atoms with van der Waals surface area (Å²) in [7, 11) is 0. The Morgan fingerprint density at radius 2 is 2.33 bits per heavy atom. The van der Waals surface area contributed by atoms with Crippen molar-refractivity contribution in [3.05, 3.63) is 35.9 Å². The zero-order chi connectivity index (χ0) is 11.3. The molecule has 0 aliphatic rings. The summed E-state index contributed by atoms with van der Waals surface area (Å²) in [6.45, 7) is 3.53. The third-order valence-corrected chi connectivity index (χ3v) is 2.11. The normalized spacial score (nSPS) is 9.67. The molecule has 0 bridgehead atoms. The van der Waals surface area contributed by atoms with E-state index in [1.54, 1.807) is 12.1 Å². The Balaban J connectivity index is 2.60. The van der Waals surface area contributed by atoms with E-state index < -0.39 is 0 Å². The lowest BCUT2D eigenvalue weighted by Crippen LogP contribution is -2.10. The van der Waals surface area contributed by atoms with Gasteiger partial charge in [-0.05, 0) is 24.6 Å². The van der Waals surface area contributed by atoms with Crippen LogP contribution < -0.4 is 5.32 Å². The molecule has 80 valence electrons. The molecule has 1 amide bonds. The van der Waals surface area contributed by atoms with E-state index in [4.69, 9.17) is 16.7 Å². The fourth-order valence-corrected chi connectivity index (χ4v) is 1.22. The van der Waals surface area contributed by atoms with Crippen molar-refractivity contribution >= 4 is 23.2 Å². The highest BCUT2D eigenvalue weighted by atomic mass is 35.5. The first kappa shape index (κ1) is 11.6. The van der Waals surface area contributed by atoms with Crippen LogP contribution in [0.4, 0.5) is 5.69 Å². The van der Waals surface area contributed by atoms with Crippen molar-refractivity contribution in [2.45, 2.75) is 12.8 Å². The first-order valence-electron chi connectivity index (χ1n) is 4.52. The summed E-state index contributed by atoms with van der Waals surface area (Å²) in [5, 5.41) is 12.0. The molecule has 1 aromatic carbocycles. The predicted molar refractivity (Wildman–Crippen MR) is 61.2 cm³/mol. The van der Waals surface area contributed by atoms with Crippen LogP contribution in [-0.2, 0) is 4.79 Å². The van der Waals surface area contributed by atoms with Crippen molar-refractivity contribution in [3.63, 3.8) is 0 Å². The Labute approximate surface area is 93.4 Å². The third-order valence-electron chi connectivity index (χ3n) is 1.81. The number of carbonyl (C=O) groups is 1.